The maximum atomic E-state index is 9.08. The molecule has 0 aliphatic carbocycles. The molecule has 25 heavy (non-hydrogen) atoms. The molecular weight excluding hydrogens is 320 g/mol. The van der Waals surface area contributed by atoms with Gasteiger partial charge in [-0.2, -0.15) is 15.3 Å². The van der Waals surface area contributed by atoms with Gasteiger partial charge in [-0.05, 0) is 37.1 Å². The quantitative estimate of drug-likeness (QED) is 0.580. The summed E-state index contributed by atoms with van der Waals surface area (Å²) in [6, 6.07) is 7.43. The molecule has 0 saturated heterocycles. The number of hydrogen-bond acceptors (Lipinski definition) is 7. The van der Waals surface area contributed by atoms with Gasteiger partial charge in [-0.1, -0.05) is 13.5 Å². The van der Waals surface area contributed by atoms with E-state index in [1.54, 1.807) is 26.3 Å². The smallest absolute Gasteiger partial charge is 0.252 e. The van der Waals surface area contributed by atoms with Gasteiger partial charge in [0.25, 0.3) is 5.88 Å². The lowest BCUT2D eigenvalue weighted by Crippen LogP contribution is -1.98. The topological polar surface area (TPSA) is 92.7 Å². The lowest BCUT2D eigenvalue weighted by Gasteiger charge is -2.10. The number of hydrogen-bond donors (Lipinski definition) is 1. The third kappa shape index (κ3) is 4.61. The molecule has 0 unspecified atom stereocenters. The number of nitrogens with zero attached hydrogens (tertiary/aromatic N) is 3. The van der Waals surface area contributed by atoms with Gasteiger partial charge in [-0.3, -0.25) is 0 Å². The largest absolute Gasteiger partial charge is 0.493 e. The predicted octanol–water partition coefficient (Wildman–Crippen LogP) is 3.82. The third-order valence-corrected chi connectivity index (χ3v) is 3.13. The second-order valence-corrected chi connectivity index (χ2v) is 5.22. The zero-order valence-corrected chi connectivity index (χ0v) is 14.5. The second-order valence-electron chi connectivity index (χ2n) is 5.22. The van der Waals surface area contributed by atoms with Crippen LogP contribution in [-0.4, -0.2) is 24.9 Å². The Balaban J connectivity index is 2.12. The number of aromatic nitrogens is 1. The van der Waals surface area contributed by atoms with Crippen LogP contribution in [0.25, 0.3) is 5.57 Å². The summed E-state index contributed by atoms with van der Waals surface area (Å²) in [7, 11) is 1.58. The molecule has 0 atom stereocenters. The van der Waals surface area contributed by atoms with Crippen LogP contribution < -0.4 is 14.9 Å². The number of anilines is 1. The minimum atomic E-state index is 0.121. The van der Waals surface area contributed by atoms with Crippen molar-refractivity contribution in [1.29, 1.82) is 5.26 Å². The van der Waals surface area contributed by atoms with Crippen molar-refractivity contribution < 1.29 is 13.9 Å². The van der Waals surface area contributed by atoms with E-state index < -0.39 is 0 Å². The molecule has 2 aromatic rings. The number of hydrazone groups is 1. The van der Waals surface area contributed by atoms with Crippen molar-refractivity contribution in [3.63, 3.8) is 0 Å². The van der Waals surface area contributed by atoms with Gasteiger partial charge in [0.15, 0.2) is 11.5 Å². The van der Waals surface area contributed by atoms with E-state index in [-0.39, 0.29) is 11.6 Å². The molecule has 1 N–H and O–H groups in total. The van der Waals surface area contributed by atoms with Crippen LogP contribution in [0.1, 0.15) is 37.4 Å². The molecule has 0 radical (unpaired) electrons. The Morgan fingerprint density at radius 1 is 1.48 bits per heavy atom. The fourth-order valence-corrected chi connectivity index (χ4v) is 1.92. The van der Waals surface area contributed by atoms with Crippen molar-refractivity contribution in [2.75, 3.05) is 19.1 Å². The molecule has 0 fully saturated rings. The predicted molar refractivity (Wildman–Crippen MR) is 95.9 cm³/mol. The number of ether oxygens (including phenoxy) is 2. The highest BCUT2D eigenvalue weighted by Gasteiger charge is 2.12. The van der Waals surface area contributed by atoms with Crippen LogP contribution in [0.5, 0.6) is 11.5 Å². The van der Waals surface area contributed by atoms with E-state index in [0.717, 1.165) is 12.0 Å². The number of methoxy groups -OCH3 is 1. The molecule has 0 amide bonds. The van der Waals surface area contributed by atoms with Crippen molar-refractivity contribution >= 4 is 17.7 Å². The van der Waals surface area contributed by atoms with E-state index in [0.29, 0.717) is 29.6 Å². The number of nitriles is 1. The van der Waals surface area contributed by atoms with Crippen molar-refractivity contribution in [2.45, 2.75) is 20.3 Å². The van der Waals surface area contributed by atoms with Crippen molar-refractivity contribution in [3.8, 4) is 17.6 Å². The first kappa shape index (κ1) is 18.1. The Morgan fingerprint density at radius 2 is 2.28 bits per heavy atom. The minimum Gasteiger partial charge on any atom is -0.493 e. The maximum absolute atomic E-state index is 9.08. The Morgan fingerprint density at radius 3 is 2.92 bits per heavy atom. The van der Waals surface area contributed by atoms with Gasteiger partial charge in [0, 0.05) is 5.57 Å². The average Bonchev–Trinajstić information content (AvgIpc) is 3.04. The van der Waals surface area contributed by atoms with Crippen molar-refractivity contribution in [2.24, 2.45) is 5.10 Å². The highest BCUT2D eigenvalue weighted by Crippen LogP contribution is 2.27. The number of benzene rings is 1. The second kappa shape index (κ2) is 8.55. The number of nitrogens with one attached hydrogen (secondary N) is 1. The zero-order chi connectivity index (χ0) is 18.2. The van der Waals surface area contributed by atoms with E-state index in [4.69, 9.17) is 19.2 Å². The van der Waals surface area contributed by atoms with Crippen LogP contribution in [0.15, 0.2) is 34.3 Å². The molecule has 7 nitrogen and oxygen atoms in total. The van der Waals surface area contributed by atoms with E-state index in [2.05, 4.69) is 22.1 Å². The van der Waals surface area contributed by atoms with Crippen molar-refractivity contribution in [1.82, 2.24) is 4.98 Å². The summed E-state index contributed by atoms with van der Waals surface area (Å²) in [5, 5.41) is 13.1. The molecular formula is C18H20N4O3. The van der Waals surface area contributed by atoms with Crippen LogP contribution in [0.2, 0.25) is 0 Å². The van der Waals surface area contributed by atoms with Gasteiger partial charge in [0.05, 0.1) is 19.9 Å². The van der Waals surface area contributed by atoms with Gasteiger partial charge in [-0.15, -0.1) is 0 Å². The van der Waals surface area contributed by atoms with E-state index in [1.807, 2.05) is 25.1 Å². The lowest BCUT2D eigenvalue weighted by molar-refractivity contribution is 0.294. The molecule has 2 rings (SSSR count). The van der Waals surface area contributed by atoms with Crippen LogP contribution >= 0.6 is 0 Å². The molecule has 0 aliphatic rings. The minimum absolute atomic E-state index is 0.121. The molecule has 0 saturated carbocycles. The SMILES string of the molecule is C=C(C)c1nc(C#N)c(N/N=C\c2ccc(OCCC)c(OC)c2)o1. The van der Waals surface area contributed by atoms with E-state index in [1.165, 1.54) is 0 Å². The fourth-order valence-electron chi connectivity index (χ4n) is 1.92. The molecule has 7 heteroatoms. The Bertz CT molecular complexity index is 818. The van der Waals surface area contributed by atoms with Crippen LogP contribution in [-0.2, 0) is 0 Å². The maximum Gasteiger partial charge on any atom is 0.252 e. The summed E-state index contributed by atoms with van der Waals surface area (Å²) >= 11 is 0. The Hall–Kier alpha value is -3.27. The van der Waals surface area contributed by atoms with Gasteiger partial charge >= 0.3 is 0 Å². The molecule has 0 bridgehead atoms. The molecule has 1 aromatic heterocycles. The third-order valence-electron chi connectivity index (χ3n) is 3.13. The lowest BCUT2D eigenvalue weighted by atomic mass is 10.2. The molecule has 0 spiro atoms. The van der Waals surface area contributed by atoms with Crippen LogP contribution in [0.3, 0.4) is 0 Å². The van der Waals surface area contributed by atoms with Gasteiger partial charge in [0.2, 0.25) is 11.6 Å². The Kier molecular flexibility index (Phi) is 6.18. The summed E-state index contributed by atoms with van der Waals surface area (Å²) in [6.45, 7) is 8.14. The van der Waals surface area contributed by atoms with E-state index in [9.17, 15) is 0 Å². The zero-order valence-electron chi connectivity index (χ0n) is 14.5. The summed E-state index contributed by atoms with van der Waals surface area (Å²) in [5.74, 6) is 1.78. The van der Waals surface area contributed by atoms with Crippen LogP contribution in [0, 0.1) is 11.3 Å². The van der Waals surface area contributed by atoms with Crippen molar-refractivity contribution in [3.05, 3.63) is 41.9 Å². The molecule has 130 valence electrons. The van der Waals surface area contributed by atoms with Gasteiger partial charge < -0.3 is 13.9 Å². The first-order chi connectivity index (χ1) is 12.1. The average molecular weight is 340 g/mol. The number of allylic oxidation sites excluding steroid dienone is 1. The van der Waals surface area contributed by atoms with Crippen LogP contribution in [0.4, 0.5) is 5.88 Å². The number of rotatable bonds is 8. The summed E-state index contributed by atoms with van der Waals surface area (Å²) < 4.78 is 16.3. The van der Waals surface area contributed by atoms with Gasteiger partial charge in [0.1, 0.15) is 6.07 Å². The fraction of sp³-hybridized carbons (Fsp3) is 0.278. The standard InChI is InChI=1S/C18H20N4O3/c1-5-8-24-15-7-6-13(9-16(15)23-4)11-20-22-18-14(10-19)21-17(25-18)12(2)3/h6-7,9,11,22H,2,5,8H2,1,3-4H3/b20-11-. The van der Waals surface area contributed by atoms with E-state index >= 15 is 0 Å². The number of oxazole rings is 1. The first-order valence-corrected chi connectivity index (χ1v) is 7.75. The highest BCUT2D eigenvalue weighted by atomic mass is 16.5. The first-order valence-electron chi connectivity index (χ1n) is 7.75. The molecule has 1 heterocycles. The molecule has 1 aromatic carbocycles. The molecule has 0 aliphatic heterocycles. The van der Waals surface area contributed by atoms with Gasteiger partial charge in [-0.25, -0.2) is 5.43 Å². The summed E-state index contributed by atoms with van der Waals surface area (Å²) in [6.07, 6.45) is 2.50. The highest BCUT2D eigenvalue weighted by molar-refractivity contribution is 5.81. The summed E-state index contributed by atoms with van der Waals surface area (Å²) in [4.78, 5) is 4.02. The normalized spacial score (nSPS) is 10.5. The summed E-state index contributed by atoms with van der Waals surface area (Å²) in [5.41, 5.74) is 4.22. The Labute approximate surface area is 146 Å². The monoisotopic (exact) mass is 340 g/mol.